The number of aromatic nitrogens is 3. The molecule has 0 fully saturated rings. The van der Waals surface area contributed by atoms with Gasteiger partial charge in [-0.2, -0.15) is 0 Å². The Labute approximate surface area is 147 Å². The Kier molecular flexibility index (Phi) is 6.81. The fourth-order valence-electron chi connectivity index (χ4n) is 2.27. The van der Waals surface area contributed by atoms with Gasteiger partial charge >= 0.3 is 0 Å². The molecule has 0 saturated carbocycles. The molecule has 0 atom stereocenters. The lowest BCUT2D eigenvalue weighted by Gasteiger charge is -2.11. The van der Waals surface area contributed by atoms with Crippen LogP contribution in [0.4, 0.5) is 0 Å². The molecule has 1 heterocycles. The number of thioether (sulfide) groups is 1. The average molecular weight is 348 g/mol. The van der Waals surface area contributed by atoms with Gasteiger partial charge in [-0.1, -0.05) is 35.5 Å². The largest absolute Gasteiger partial charge is 0.383 e. The molecule has 1 aromatic carbocycles. The lowest BCUT2D eigenvalue weighted by atomic mass is 10.1. The topological polar surface area (TPSA) is 69.0 Å². The van der Waals surface area contributed by atoms with Gasteiger partial charge in [0.05, 0.1) is 18.9 Å². The number of nitrogens with one attached hydrogen (secondary N) is 1. The van der Waals surface area contributed by atoms with Crippen molar-refractivity contribution in [1.82, 2.24) is 20.1 Å². The van der Waals surface area contributed by atoms with E-state index in [4.69, 9.17) is 4.74 Å². The van der Waals surface area contributed by atoms with Gasteiger partial charge < -0.3 is 10.1 Å². The molecule has 1 aromatic heterocycles. The monoisotopic (exact) mass is 348 g/mol. The van der Waals surface area contributed by atoms with E-state index < -0.39 is 0 Å². The summed E-state index contributed by atoms with van der Waals surface area (Å²) < 4.78 is 7.20. The summed E-state index contributed by atoms with van der Waals surface area (Å²) in [5, 5.41) is 12.2. The van der Waals surface area contributed by atoms with Crippen LogP contribution in [-0.2, 0) is 16.1 Å². The quantitative estimate of drug-likeness (QED) is 0.743. The molecule has 0 bridgehead atoms. The van der Waals surface area contributed by atoms with Crippen molar-refractivity contribution in [2.24, 2.45) is 0 Å². The average Bonchev–Trinajstić information content (AvgIpc) is 2.93. The van der Waals surface area contributed by atoms with Crippen molar-refractivity contribution in [3.63, 3.8) is 0 Å². The molecule has 24 heavy (non-hydrogen) atoms. The van der Waals surface area contributed by atoms with E-state index in [1.54, 1.807) is 7.11 Å². The Morgan fingerprint density at radius 1 is 1.38 bits per heavy atom. The van der Waals surface area contributed by atoms with E-state index in [0.717, 1.165) is 16.5 Å². The summed E-state index contributed by atoms with van der Waals surface area (Å²) in [6.07, 6.45) is 0. The van der Waals surface area contributed by atoms with Gasteiger partial charge in [-0.05, 0) is 26.8 Å². The van der Waals surface area contributed by atoms with E-state index in [9.17, 15) is 4.79 Å². The van der Waals surface area contributed by atoms with E-state index in [1.165, 1.54) is 17.3 Å². The second-order valence-electron chi connectivity index (χ2n) is 5.83. The lowest BCUT2D eigenvalue weighted by molar-refractivity contribution is -0.119. The molecule has 130 valence electrons. The molecule has 1 N–H and O–H groups in total. The predicted molar refractivity (Wildman–Crippen MR) is 96.1 cm³/mol. The van der Waals surface area contributed by atoms with Crippen molar-refractivity contribution < 1.29 is 9.53 Å². The number of hydrogen-bond donors (Lipinski definition) is 1. The van der Waals surface area contributed by atoms with Gasteiger partial charge in [0.15, 0.2) is 11.0 Å². The number of methoxy groups -OCH3 is 1. The highest BCUT2D eigenvalue weighted by Crippen LogP contribution is 2.24. The number of aryl methyl sites for hydroxylation is 1. The second-order valence-corrected chi connectivity index (χ2v) is 6.77. The van der Waals surface area contributed by atoms with E-state index in [1.807, 2.05) is 43.5 Å². The highest BCUT2D eigenvalue weighted by Gasteiger charge is 2.16. The van der Waals surface area contributed by atoms with Gasteiger partial charge in [0.1, 0.15) is 0 Å². The molecule has 0 unspecified atom stereocenters. The summed E-state index contributed by atoms with van der Waals surface area (Å²) >= 11 is 1.39. The molecule has 0 radical (unpaired) electrons. The number of carbonyl (C=O) groups is 1. The maximum absolute atomic E-state index is 11.9. The number of ether oxygens (including phenoxy) is 1. The Morgan fingerprint density at radius 2 is 2.17 bits per heavy atom. The summed E-state index contributed by atoms with van der Waals surface area (Å²) in [5.41, 5.74) is 2.18. The standard InChI is InChI=1S/C17H24N4O2S/c1-12(2)18-15(22)11-24-17-20-19-16(21(17)8-9-23-4)14-7-5-6-13(3)10-14/h5-7,10,12H,8-9,11H2,1-4H3,(H,18,22). The molecular formula is C17H24N4O2S. The normalized spacial score (nSPS) is 11.0. The highest BCUT2D eigenvalue weighted by atomic mass is 32.2. The van der Waals surface area contributed by atoms with Crippen LogP contribution in [0.15, 0.2) is 29.4 Å². The third kappa shape index (κ3) is 5.07. The van der Waals surface area contributed by atoms with Crippen molar-refractivity contribution in [1.29, 1.82) is 0 Å². The lowest BCUT2D eigenvalue weighted by Crippen LogP contribution is -2.31. The van der Waals surface area contributed by atoms with E-state index in [-0.39, 0.29) is 11.9 Å². The zero-order valence-corrected chi connectivity index (χ0v) is 15.4. The molecule has 7 heteroatoms. The summed E-state index contributed by atoms with van der Waals surface area (Å²) in [6.45, 7) is 7.13. The molecule has 0 spiro atoms. The number of amides is 1. The summed E-state index contributed by atoms with van der Waals surface area (Å²) in [7, 11) is 1.67. The van der Waals surface area contributed by atoms with Gasteiger partial charge in [0.2, 0.25) is 5.91 Å². The third-order valence-corrected chi connectivity index (χ3v) is 4.26. The Hall–Kier alpha value is -1.86. The van der Waals surface area contributed by atoms with Crippen LogP contribution in [0.25, 0.3) is 11.4 Å². The first-order chi connectivity index (χ1) is 11.5. The van der Waals surface area contributed by atoms with Gasteiger partial charge in [-0.3, -0.25) is 9.36 Å². The molecule has 0 aliphatic rings. The maximum atomic E-state index is 11.9. The third-order valence-electron chi connectivity index (χ3n) is 3.29. The second kappa shape index (κ2) is 8.84. The van der Waals surface area contributed by atoms with Crippen LogP contribution in [0.3, 0.4) is 0 Å². The van der Waals surface area contributed by atoms with E-state index in [2.05, 4.69) is 21.6 Å². The SMILES string of the molecule is COCCn1c(SCC(=O)NC(C)C)nnc1-c1cccc(C)c1. The number of carbonyl (C=O) groups excluding carboxylic acids is 1. The molecule has 2 aromatic rings. The number of hydrogen-bond acceptors (Lipinski definition) is 5. The molecule has 1 amide bonds. The fraction of sp³-hybridized carbons (Fsp3) is 0.471. The first kappa shape index (κ1) is 18.5. The Bertz CT molecular complexity index is 685. The van der Waals surface area contributed by atoms with Crippen molar-refractivity contribution in [2.45, 2.75) is 38.5 Å². The molecule has 0 aliphatic heterocycles. The Morgan fingerprint density at radius 3 is 2.83 bits per heavy atom. The minimum absolute atomic E-state index is 0.00611. The predicted octanol–water partition coefficient (Wildman–Crippen LogP) is 2.52. The van der Waals surface area contributed by atoms with E-state index >= 15 is 0 Å². The first-order valence-electron chi connectivity index (χ1n) is 7.92. The smallest absolute Gasteiger partial charge is 0.230 e. The molecule has 0 aliphatic carbocycles. The zero-order chi connectivity index (χ0) is 17.5. The maximum Gasteiger partial charge on any atom is 0.230 e. The van der Waals surface area contributed by atoms with Crippen LogP contribution in [-0.4, -0.2) is 46.2 Å². The molecular weight excluding hydrogens is 324 g/mol. The van der Waals surface area contributed by atoms with Gasteiger partial charge in [-0.15, -0.1) is 10.2 Å². The minimum atomic E-state index is -0.00611. The van der Waals surface area contributed by atoms with Crippen LogP contribution in [0.2, 0.25) is 0 Å². The zero-order valence-electron chi connectivity index (χ0n) is 14.6. The van der Waals surface area contributed by atoms with Crippen LogP contribution >= 0.6 is 11.8 Å². The van der Waals surface area contributed by atoms with Gasteiger partial charge in [0, 0.05) is 18.7 Å². The number of rotatable bonds is 8. The number of nitrogens with zero attached hydrogens (tertiary/aromatic N) is 3. The van der Waals surface area contributed by atoms with Crippen LogP contribution < -0.4 is 5.32 Å². The van der Waals surface area contributed by atoms with Gasteiger partial charge in [-0.25, -0.2) is 0 Å². The van der Waals surface area contributed by atoms with Crippen molar-refractivity contribution in [2.75, 3.05) is 19.5 Å². The summed E-state index contributed by atoms with van der Waals surface area (Å²) in [4.78, 5) is 11.9. The van der Waals surface area contributed by atoms with Crippen LogP contribution in [0, 0.1) is 6.92 Å². The fourth-order valence-corrected chi connectivity index (χ4v) is 3.05. The first-order valence-corrected chi connectivity index (χ1v) is 8.91. The van der Waals surface area contributed by atoms with E-state index in [0.29, 0.717) is 18.9 Å². The van der Waals surface area contributed by atoms with Crippen molar-refractivity contribution in [3.05, 3.63) is 29.8 Å². The molecule has 0 saturated heterocycles. The van der Waals surface area contributed by atoms with Crippen LogP contribution in [0.1, 0.15) is 19.4 Å². The summed E-state index contributed by atoms with van der Waals surface area (Å²) in [5.74, 6) is 1.10. The van der Waals surface area contributed by atoms with Crippen molar-refractivity contribution in [3.8, 4) is 11.4 Å². The molecule has 6 nitrogen and oxygen atoms in total. The van der Waals surface area contributed by atoms with Crippen LogP contribution in [0.5, 0.6) is 0 Å². The molecule has 2 rings (SSSR count). The highest BCUT2D eigenvalue weighted by molar-refractivity contribution is 7.99. The Balaban J connectivity index is 2.20. The minimum Gasteiger partial charge on any atom is -0.383 e. The summed E-state index contributed by atoms with van der Waals surface area (Å²) in [6, 6.07) is 8.27. The van der Waals surface area contributed by atoms with Gasteiger partial charge in [0.25, 0.3) is 0 Å². The number of benzene rings is 1. The van der Waals surface area contributed by atoms with Crippen molar-refractivity contribution >= 4 is 17.7 Å².